The van der Waals surface area contributed by atoms with Crippen molar-refractivity contribution in [2.24, 2.45) is 10.7 Å². The van der Waals surface area contributed by atoms with Crippen LogP contribution in [0.5, 0.6) is 11.6 Å². The van der Waals surface area contributed by atoms with E-state index in [1.807, 2.05) is 36.4 Å². The number of thioether (sulfide) groups is 1. The van der Waals surface area contributed by atoms with Gasteiger partial charge in [0.1, 0.15) is 5.75 Å². The Morgan fingerprint density at radius 1 is 1.17 bits per heavy atom. The van der Waals surface area contributed by atoms with Gasteiger partial charge in [0.2, 0.25) is 5.88 Å². The van der Waals surface area contributed by atoms with Gasteiger partial charge in [0.05, 0.1) is 5.54 Å². The molecule has 0 aliphatic carbocycles. The molecule has 1 atom stereocenters. The molecule has 0 radical (unpaired) electrons. The van der Waals surface area contributed by atoms with Crippen molar-refractivity contribution in [3.63, 3.8) is 0 Å². The van der Waals surface area contributed by atoms with Crippen LogP contribution in [0.3, 0.4) is 0 Å². The number of amidine groups is 1. The first-order chi connectivity index (χ1) is 14.5. The van der Waals surface area contributed by atoms with Gasteiger partial charge in [-0.25, -0.2) is 4.98 Å². The fourth-order valence-corrected chi connectivity index (χ4v) is 4.42. The summed E-state index contributed by atoms with van der Waals surface area (Å²) in [6, 6.07) is 19.5. The Balaban J connectivity index is 1.49. The van der Waals surface area contributed by atoms with Crippen LogP contribution in [-0.2, 0) is 12.1 Å². The summed E-state index contributed by atoms with van der Waals surface area (Å²) >= 11 is 7.57. The van der Waals surface area contributed by atoms with Crippen molar-refractivity contribution in [2.45, 2.75) is 25.4 Å². The number of aliphatic imine (C=N–C) groups is 1. The predicted octanol–water partition coefficient (Wildman–Crippen LogP) is 5.81. The van der Waals surface area contributed by atoms with Gasteiger partial charge >= 0.3 is 0 Å². The van der Waals surface area contributed by atoms with Crippen molar-refractivity contribution in [1.29, 1.82) is 0 Å². The van der Waals surface area contributed by atoms with Crippen LogP contribution in [0, 0.1) is 0 Å². The molecule has 30 heavy (non-hydrogen) atoms. The molecule has 3 aromatic rings. The lowest BCUT2D eigenvalue weighted by Crippen LogP contribution is -2.28. The summed E-state index contributed by atoms with van der Waals surface area (Å²) in [4.78, 5) is 9.09. The molecule has 0 saturated heterocycles. The number of hydrogen-bond acceptors (Lipinski definition) is 6. The molecule has 3 N–H and O–H groups in total. The zero-order valence-corrected chi connectivity index (χ0v) is 18.2. The molecule has 0 saturated carbocycles. The first-order valence-corrected chi connectivity index (χ1v) is 11.1. The molecular formula is C23H23ClN4OS. The van der Waals surface area contributed by atoms with Crippen molar-refractivity contribution in [1.82, 2.24) is 4.98 Å². The van der Waals surface area contributed by atoms with Gasteiger partial charge in [0.25, 0.3) is 0 Å². The van der Waals surface area contributed by atoms with Gasteiger partial charge in [-0.05, 0) is 61.4 Å². The summed E-state index contributed by atoms with van der Waals surface area (Å²) in [6.07, 6.45) is 2.68. The third-order valence-corrected chi connectivity index (χ3v) is 6.09. The second kappa shape index (κ2) is 8.98. The highest BCUT2D eigenvalue weighted by Crippen LogP contribution is 2.36. The average Bonchev–Trinajstić information content (AvgIpc) is 2.75. The van der Waals surface area contributed by atoms with Crippen LogP contribution in [0.2, 0.25) is 5.02 Å². The molecule has 2 heterocycles. The average molecular weight is 439 g/mol. The monoisotopic (exact) mass is 438 g/mol. The van der Waals surface area contributed by atoms with E-state index in [1.165, 1.54) is 0 Å². The largest absolute Gasteiger partial charge is 0.439 e. The van der Waals surface area contributed by atoms with Crippen LogP contribution < -0.4 is 15.8 Å². The van der Waals surface area contributed by atoms with Gasteiger partial charge in [-0.15, -0.1) is 0 Å². The normalized spacial score (nSPS) is 18.5. The number of nitrogens with zero attached hydrogens (tertiary/aromatic N) is 2. The Hall–Kier alpha value is -2.70. The molecule has 1 aromatic heterocycles. The number of nitrogens with two attached hydrogens (primary N) is 1. The van der Waals surface area contributed by atoms with Crippen molar-refractivity contribution < 1.29 is 4.74 Å². The number of nitrogens with one attached hydrogen (secondary N) is 1. The van der Waals surface area contributed by atoms with Gasteiger partial charge in [-0.2, -0.15) is 0 Å². The fourth-order valence-electron chi connectivity index (χ4n) is 3.32. The highest BCUT2D eigenvalue weighted by Gasteiger charge is 2.29. The number of benzene rings is 2. The van der Waals surface area contributed by atoms with Gasteiger partial charge in [-0.1, -0.05) is 41.6 Å². The highest BCUT2D eigenvalue weighted by atomic mass is 35.5. The van der Waals surface area contributed by atoms with E-state index in [2.05, 4.69) is 29.4 Å². The summed E-state index contributed by atoms with van der Waals surface area (Å²) < 4.78 is 5.96. The number of ether oxygens (including phenoxy) is 1. The lowest BCUT2D eigenvalue weighted by molar-refractivity contribution is 0.457. The Morgan fingerprint density at radius 2 is 2.00 bits per heavy atom. The zero-order valence-electron chi connectivity index (χ0n) is 16.6. The topological polar surface area (TPSA) is 72.5 Å². The number of aromatic nitrogens is 1. The lowest BCUT2D eigenvalue weighted by Gasteiger charge is -2.30. The first kappa shape index (κ1) is 20.6. The molecule has 0 amide bonds. The van der Waals surface area contributed by atoms with E-state index in [1.54, 1.807) is 30.1 Å². The Kier molecular flexibility index (Phi) is 6.16. The minimum Gasteiger partial charge on any atom is -0.439 e. The number of anilines is 1. The zero-order chi connectivity index (χ0) is 21.0. The number of hydrogen-bond donors (Lipinski definition) is 2. The molecule has 154 valence electrons. The summed E-state index contributed by atoms with van der Waals surface area (Å²) in [7, 11) is 0. The molecule has 5 nitrogen and oxygen atoms in total. The summed E-state index contributed by atoms with van der Waals surface area (Å²) in [5.74, 6) is 2.24. The maximum Gasteiger partial charge on any atom is 0.224 e. The minimum atomic E-state index is -0.288. The van der Waals surface area contributed by atoms with Crippen molar-refractivity contribution in [3.05, 3.63) is 83.0 Å². The Labute approximate surface area is 185 Å². The van der Waals surface area contributed by atoms with E-state index in [-0.39, 0.29) is 5.54 Å². The molecule has 0 spiro atoms. The Bertz CT molecular complexity index is 1060. The molecule has 1 aliphatic rings. The molecule has 4 rings (SSSR count). The maximum absolute atomic E-state index is 5.98. The van der Waals surface area contributed by atoms with Gasteiger partial charge in [0.15, 0.2) is 5.17 Å². The van der Waals surface area contributed by atoms with E-state index in [9.17, 15) is 0 Å². The second-order valence-electron chi connectivity index (χ2n) is 7.28. The molecule has 2 aromatic carbocycles. The van der Waals surface area contributed by atoms with Crippen LogP contribution >= 0.6 is 23.4 Å². The quantitative estimate of drug-likeness (QED) is 0.508. The van der Waals surface area contributed by atoms with Crippen molar-refractivity contribution in [3.8, 4) is 11.6 Å². The molecule has 0 fully saturated rings. The van der Waals surface area contributed by atoms with Crippen LogP contribution in [0.4, 0.5) is 5.69 Å². The third kappa shape index (κ3) is 4.89. The predicted molar refractivity (Wildman–Crippen MR) is 126 cm³/mol. The highest BCUT2D eigenvalue weighted by molar-refractivity contribution is 8.13. The smallest absolute Gasteiger partial charge is 0.224 e. The van der Waals surface area contributed by atoms with Gasteiger partial charge in [0, 0.05) is 34.8 Å². The number of rotatable bonds is 6. The molecule has 7 heteroatoms. The van der Waals surface area contributed by atoms with E-state index < -0.39 is 0 Å². The SMILES string of the molecule is CC1(c2cccc(NCc3cccnc3Oc3ccc(Cl)cc3)c2)CCSC(N)=N1. The standard InChI is InChI=1S/C23H23ClN4OS/c1-23(11-13-30-22(25)28-23)17-5-2-6-19(14-17)27-15-16-4-3-12-26-21(16)29-20-9-7-18(24)8-10-20/h2-10,12,14,27H,11,13,15H2,1H3,(H2,25,28). The summed E-state index contributed by atoms with van der Waals surface area (Å²) in [5.41, 5.74) is 8.82. The van der Waals surface area contributed by atoms with Crippen LogP contribution in [-0.4, -0.2) is 15.9 Å². The molecule has 1 unspecified atom stereocenters. The minimum absolute atomic E-state index is 0.288. The van der Waals surface area contributed by atoms with E-state index in [4.69, 9.17) is 27.1 Å². The Morgan fingerprint density at radius 3 is 2.80 bits per heavy atom. The van der Waals surface area contributed by atoms with Crippen molar-refractivity contribution >= 4 is 34.2 Å². The number of pyridine rings is 1. The molecular weight excluding hydrogens is 416 g/mol. The van der Waals surface area contributed by atoms with E-state index in [0.29, 0.717) is 28.4 Å². The van der Waals surface area contributed by atoms with Gasteiger partial charge < -0.3 is 15.8 Å². The summed E-state index contributed by atoms with van der Waals surface area (Å²) in [6.45, 7) is 2.72. The number of halogens is 1. The second-order valence-corrected chi connectivity index (χ2v) is 8.83. The van der Waals surface area contributed by atoms with Crippen molar-refractivity contribution in [2.75, 3.05) is 11.1 Å². The van der Waals surface area contributed by atoms with E-state index in [0.717, 1.165) is 29.0 Å². The maximum atomic E-state index is 5.98. The van der Waals surface area contributed by atoms with Gasteiger partial charge in [-0.3, -0.25) is 4.99 Å². The lowest BCUT2D eigenvalue weighted by atomic mass is 9.89. The molecule has 0 bridgehead atoms. The van der Waals surface area contributed by atoms with Crippen LogP contribution in [0.1, 0.15) is 24.5 Å². The fraction of sp³-hybridized carbons (Fsp3) is 0.217. The third-order valence-electron chi connectivity index (χ3n) is 5.04. The van der Waals surface area contributed by atoms with E-state index >= 15 is 0 Å². The summed E-state index contributed by atoms with van der Waals surface area (Å²) in [5, 5.41) is 4.80. The molecule has 1 aliphatic heterocycles. The van der Waals surface area contributed by atoms with Crippen LogP contribution in [0.25, 0.3) is 0 Å². The first-order valence-electron chi connectivity index (χ1n) is 9.72. The van der Waals surface area contributed by atoms with Crippen LogP contribution in [0.15, 0.2) is 71.9 Å².